The molecule has 30 heavy (non-hydrogen) atoms. The van der Waals surface area contributed by atoms with E-state index in [0.717, 1.165) is 23.8 Å². The summed E-state index contributed by atoms with van der Waals surface area (Å²) in [7, 11) is 1.47. The first kappa shape index (κ1) is 23.1. The van der Waals surface area contributed by atoms with Crippen molar-refractivity contribution in [1.82, 2.24) is 0 Å². The maximum absolute atomic E-state index is 11.8. The van der Waals surface area contributed by atoms with Crippen LogP contribution in [0.1, 0.15) is 78.6 Å². The summed E-state index contributed by atoms with van der Waals surface area (Å²) in [4.78, 5) is 11.8. The molecule has 0 aromatic carbocycles. The van der Waals surface area contributed by atoms with Gasteiger partial charge in [-0.3, -0.25) is 4.79 Å². The molecule has 1 saturated carbocycles. The molecule has 3 aliphatic carbocycles. The van der Waals surface area contributed by atoms with Crippen LogP contribution in [0.3, 0.4) is 0 Å². The van der Waals surface area contributed by atoms with Crippen LogP contribution < -0.4 is 0 Å². The van der Waals surface area contributed by atoms with Gasteiger partial charge in [-0.25, -0.2) is 0 Å². The lowest BCUT2D eigenvalue weighted by atomic mass is 9.68. The Kier molecular flexibility index (Phi) is 8.60. The summed E-state index contributed by atoms with van der Waals surface area (Å²) in [5.41, 5.74) is 2.70. The largest absolute Gasteiger partial charge is 0.469 e. The van der Waals surface area contributed by atoms with Crippen molar-refractivity contribution in [2.45, 2.75) is 78.6 Å². The second-order valence-corrected chi connectivity index (χ2v) is 10.1. The Hall–Kier alpha value is -1.57. The van der Waals surface area contributed by atoms with E-state index < -0.39 is 0 Å². The van der Waals surface area contributed by atoms with Crippen LogP contribution in [0.4, 0.5) is 0 Å². The first-order valence-electron chi connectivity index (χ1n) is 12.3. The van der Waals surface area contributed by atoms with Gasteiger partial charge in [-0.2, -0.15) is 0 Å². The quantitative estimate of drug-likeness (QED) is 0.389. The van der Waals surface area contributed by atoms with Crippen molar-refractivity contribution in [3.63, 3.8) is 0 Å². The number of esters is 1. The maximum Gasteiger partial charge on any atom is 0.309 e. The molecule has 2 nitrogen and oxygen atoms in total. The summed E-state index contributed by atoms with van der Waals surface area (Å²) in [6, 6.07) is 0. The lowest BCUT2D eigenvalue weighted by Crippen LogP contribution is -2.28. The summed E-state index contributed by atoms with van der Waals surface area (Å²) in [5, 5.41) is 0. The lowest BCUT2D eigenvalue weighted by Gasteiger charge is -2.37. The average Bonchev–Trinajstić information content (AvgIpc) is 2.75. The minimum Gasteiger partial charge on any atom is -0.469 e. The van der Waals surface area contributed by atoms with Crippen molar-refractivity contribution in [3.05, 3.63) is 47.6 Å². The van der Waals surface area contributed by atoms with E-state index >= 15 is 0 Å². The number of hydrogen-bond donors (Lipinski definition) is 0. The Bertz CT molecular complexity index is 687. The number of ether oxygens (including phenoxy) is 1. The van der Waals surface area contributed by atoms with Crippen LogP contribution in [0, 0.1) is 35.5 Å². The lowest BCUT2D eigenvalue weighted by molar-refractivity contribution is -0.139. The third kappa shape index (κ3) is 6.22. The fraction of sp³-hybridized carbons (Fsp3) is 0.679. The zero-order valence-corrected chi connectivity index (χ0v) is 19.6. The SMILES string of the molecule is CCCC(C1C=C(CC(=O)OC)C=CC1)C1C=C(CC2CCC(C)CC2)C=CC1C. The molecule has 0 saturated heterocycles. The third-order valence-electron chi connectivity index (χ3n) is 7.70. The van der Waals surface area contributed by atoms with Gasteiger partial charge in [-0.05, 0) is 73.2 Å². The molecule has 4 atom stereocenters. The molecule has 1 fully saturated rings. The Morgan fingerprint density at radius 1 is 1.10 bits per heavy atom. The van der Waals surface area contributed by atoms with Crippen molar-refractivity contribution < 1.29 is 9.53 Å². The molecule has 4 unspecified atom stereocenters. The van der Waals surface area contributed by atoms with Gasteiger partial charge in [0, 0.05) is 0 Å². The van der Waals surface area contributed by atoms with Gasteiger partial charge in [0.1, 0.15) is 0 Å². The van der Waals surface area contributed by atoms with E-state index in [-0.39, 0.29) is 5.97 Å². The second kappa shape index (κ2) is 11.2. The summed E-state index contributed by atoms with van der Waals surface area (Å²) in [6.07, 6.45) is 25.1. The predicted molar refractivity (Wildman–Crippen MR) is 126 cm³/mol. The van der Waals surface area contributed by atoms with E-state index in [1.807, 2.05) is 0 Å². The van der Waals surface area contributed by atoms with Gasteiger partial charge < -0.3 is 4.74 Å². The Balaban J connectivity index is 1.73. The number of hydrogen-bond acceptors (Lipinski definition) is 2. The van der Waals surface area contributed by atoms with Crippen LogP contribution in [0.25, 0.3) is 0 Å². The Morgan fingerprint density at radius 3 is 2.57 bits per heavy atom. The molecule has 0 amide bonds. The molecule has 166 valence electrons. The fourth-order valence-electron chi connectivity index (χ4n) is 5.83. The van der Waals surface area contributed by atoms with Crippen LogP contribution in [0.15, 0.2) is 47.6 Å². The second-order valence-electron chi connectivity index (χ2n) is 10.1. The highest BCUT2D eigenvalue weighted by Crippen LogP contribution is 2.42. The van der Waals surface area contributed by atoms with Gasteiger partial charge in [0.15, 0.2) is 0 Å². The highest BCUT2D eigenvalue weighted by atomic mass is 16.5. The smallest absolute Gasteiger partial charge is 0.309 e. The van der Waals surface area contributed by atoms with Gasteiger partial charge in [-0.15, -0.1) is 0 Å². The molecule has 3 rings (SSSR count). The standard InChI is InChI=1S/C28H42O2/c1-5-7-26(25-9-6-8-23(17-25)19-28(29)30-4)27-18-24(15-12-21(27)3)16-22-13-10-20(2)11-14-22/h6,8,12,15,17-18,20-22,25-27H,5,7,9-11,13-14,16,19H2,1-4H3. The zero-order valence-electron chi connectivity index (χ0n) is 19.6. The van der Waals surface area contributed by atoms with Crippen LogP contribution in [-0.4, -0.2) is 13.1 Å². The molecular weight excluding hydrogens is 368 g/mol. The first-order chi connectivity index (χ1) is 14.5. The van der Waals surface area contributed by atoms with E-state index in [1.165, 1.54) is 52.1 Å². The molecular formula is C28H42O2. The van der Waals surface area contributed by atoms with Crippen LogP contribution >= 0.6 is 0 Å². The minimum atomic E-state index is -0.142. The number of allylic oxidation sites excluding steroid dienone is 7. The molecule has 0 radical (unpaired) electrons. The maximum atomic E-state index is 11.8. The molecule has 3 aliphatic rings. The molecule has 0 bridgehead atoms. The molecule has 0 heterocycles. The van der Waals surface area contributed by atoms with E-state index in [1.54, 1.807) is 5.57 Å². The van der Waals surface area contributed by atoms with E-state index in [9.17, 15) is 4.79 Å². The van der Waals surface area contributed by atoms with Crippen LogP contribution in [0.5, 0.6) is 0 Å². The number of carbonyl (C=O) groups excluding carboxylic acids is 1. The summed E-state index contributed by atoms with van der Waals surface area (Å²) in [6.45, 7) is 7.10. The van der Waals surface area contributed by atoms with Crippen molar-refractivity contribution in [3.8, 4) is 0 Å². The molecule has 0 aromatic rings. The van der Waals surface area contributed by atoms with Gasteiger partial charge in [-0.1, -0.05) is 82.1 Å². The molecule has 0 N–H and O–H groups in total. The summed E-state index contributed by atoms with van der Waals surface area (Å²) in [5.74, 6) is 3.98. The monoisotopic (exact) mass is 410 g/mol. The van der Waals surface area contributed by atoms with E-state index in [0.29, 0.717) is 30.1 Å². The molecule has 2 heteroatoms. The number of methoxy groups -OCH3 is 1. The summed E-state index contributed by atoms with van der Waals surface area (Å²) >= 11 is 0. The van der Waals surface area contributed by atoms with E-state index in [4.69, 9.17) is 4.74 Å². The van der Waals surface area contributed by atoms with Gasteiger partial charge >= 0.3 is 5.97 Å². The van der Waals surface area contributed by atoms with Gasteiger partial charge in [0.05, 0.1) is 13.5 Å². The van der Waals surface area contributed by atoms with Crippen molar-refractivity contribution in [1.29, 1.82) is 0 Å². The highest BCUT2D eigenvalue weighted by molar-refractivity contribution is 5.73. The first-order valence-corrected chi connectivity index (χ1v) is 12.3. The Labute approximate surface area is 184 Å². The molecule has 0 spiro atoms. The Morgan fingerprint density at radius 2 is 1.87 bits per heavy atom. The number of carbonyl (C=O) groups is 1. The third-order valence-corrected chi connectivity index (χ3v) is 7.70. The fourth-order valence-corrected chi connectivity index (χ4v) is 5.83. The average molecular weight is 411 g/mol. The molecule has 0 aliphatic heterocycles. The topological polar surface area (TPSA) is 26.3 Å². The normalized spacial score (nSPS) is 32.3. The highest BCUT2D eigenvalue weighted by Gasteiger charge is 2.32. The van der Waals surface area contributed by atoms with Crippen LogP contribution in [-0.2, 0) is 9.53 Å². The van der Waals surface area contributed by atoms with E-state index in [2.05, 4.69) is 57.2 Å². The van der Waals surface area contributed by atoms with Crippen molar-refractivity contribution in [2.24, 2.45) is 35.5 Å². The van der Waals surface area contributed by atoms with Crippen molar-refractivity contribution >= 4 is 5.97 Å². The van der Waals surface area contributed by atoms with Gasteiger partial charge in [0.25, 0.3) is 0 Å². The summed E-state index contributed by atoms with van der Waals surface area (Å²) < 4.78 is 4.89. The predicted octanol–water partition coefficient (Wildman–Crippen LogP) is 7.43. The zero-order chi connectivity index (χ0) is 21.5. The van der Waals surface area contributed by atoms with Crippen molar-refractivity contribution in [2.75, 3.05) is 7.11 Å². The number of rotatable bonds is 8. The van der Waals surface area contributed by atoms with Crippen LogP contribution in [0.2, 0.25) is 0 Å². The minimum absolute atomic E-state index is 0.142. The molecule has 0 aromatic heterocycles. The van der Waals surface area contributed by atoms with Gasteiger partial charge in [0.2, 0.25) is 0 Å².